The number of alkyl carbamates (subject to hydrolysis) is 1. The van der Waals surface area contributed by atoms with E-state index < -0.39 is 17.5 Å². The average molecular weight is 636 g/mol. The number of fused-ring (bicyclic) bond motifs is 4. The highest BCUT2D eigenvalue weighted by atomic mass is 79.9. The zero-order chi connectivity index (χ0) is 29.5. The molecule has 220 valence electrons. The minimum Gasteiger partial charge on any atom is -0.444 e. The molecule has 1 amide bonds. The molecule has 2 bridgehead atoms. The number of ether oxygens (including phenoxy) is 1. The molecule has 3 aliphatic carbocycles. The fourth-order valence-corrected chi connectivity index (χ4v) is 7.69. The van der Waals surface area contributed by atoms with Crippen molar-refractivity contribution < 1.29 is 18.7 Å². The predicted molar refractivity (Wildman–Crippen MR) is 163 cm³/mol. The van der Waals surface area contributed by atoms with Crippen LogP contribution in [0.1, 0.15) is 68.8 Å². The normalized spacial score (nSPS) is 23.7. The van der Waals surface area contributed by atoms with Crippen molar-refractivity contribution in [3.63, 3.8) is 0 Å². The number of benzene rings is 1. The molecule has 3 fully saturated rings. The van der Waals surface area contributed by atoms with E-state index in [-0.39, 0.29) is 29.6 Å². The summed E-state index contributed by atoms with van der Waals surface area (Å²) in [6, 6.07) is 9.66. The Kier molecular flexibility index (Phi) is 6.53. The predicted octanol–water partition coefficient (Wildman–Crippen LogP) is 7.70. The lowest BCUT2D eigenvalue weighted by Crippen LogP contribution is -2.42. The Bertz CT molecular complexity index is 1750. The summed E-state index contributed by atoms with van der Waals surface area (Å²) in [6.45, 7) is 8.31. The van der Waals surface area contributed by atoms with Gasteiger partial charge in [-0.25, -0.2) is 13.7 Å². The Morgan fingerprint density at radius 3 is 2.67 bits per heavy atom. The van der Waals surface area contributed by atoms with Crippen LogP contribution in [-0.2, 0) is 11.3 Å². The first-order chi connectivity index (χ1) is 20.0. The maximum Gasteiger partial charge on any atom is 0.407 e. The van der Waals surface area contributed by atoms with Crippen molar-refractivity contribution in [3.05, 3.63) is 57.9 Å². The van der Waals surface area contributed by atoms with Crippen LogP contribution < -0.4 is 5.32 Å². The molecule has 42 heavy (non-hydrogen) atoms. The van der Waals surface area contributed by atoms with E-state index in [0.717, 1.165) is 51.7 Å². The van der Waals surface area contributed by atoms with E-state index >= 15 is 4.39 Å². The molecule has 4 atom stereocenters. The van der Waals surface area contributed by atoms with Gasteiger partial charge in [0.15, 0.2) is 5.78 Å². The van der Waals surface area contributed by atoms with Crippen LogP contribution in [0.4, 0.5) is 9.18 Å². The second-order valence-corrected chi connectivity index (χ2v) is 14.4. The number of halogens is 2. The topological polar surface area (TPSA) is 77.6 Å². The standard InChI is InChI=1S/C33H36BrFN4O3/c1-17-28(27-13-19-7-9-22(34)14-26(19)38(27)15-18-5-6-18)37-39-16-21(12-25(35)30(17)39)31(40)24-11-20-8-10-23(24)29(20)36-32(41)42-33(2,3)4/h7,9,12-14,16,18,20,23-24,29H,5-6,8,10-11,15H2,1-4H3,(H,36,41)/t20?,23?,24?,29-/m1/s1. The number of hydrogen-bond donors (Lipinski definition) is 1. The number of Topliss-reactive ketones (excluding diaryl/α,β-unsaturated/α-hetero) is 1. The van der Waals surface area contributed by atoms with Gasteiger partial charge in [-0.2, -0.15) is 5.10 Å². The van der Waals surface area contributed by atoms with Gasteiger partial charge in [-0.1, -0.05) is 22.0 Å². The van der Waals surface area contributed by atoms with Crippen molar-refractivity contribution in [1.29, 1.82) is 0 Å². The Labute approximate surface area is 252 Å². The maximum atomic E-state index is 15.8. The van der Waals surface area contributed by atoms with Crippen molar-refractivity contribution in [1.82, 2.24) is 19.5 Å². The molecule has 0 aliphatic heterocycles. The Morgan fingerprint density at radius 1 is 1.14 bits per heavy atom. The first-order valence-electron chi connectivity index (χ1n) is 15.0. The van der Waals surface area contributed by atoms with Crippen molar-refractivity contribution in [2.45, 2.75) is 78.0 Å². The van der Waals surface area contributed by atoms with Crippen molar-refractivity contribution in [2.75, 3.05) is 0 Å². The van der Waals surface area contributed by atoms with Gasteiger partial charge in [0.1, 0.15) is 22.6 Å². The van der Waals surface area contributed by atoms with Crippen LogP contribution >= 0.6 is 15.9 Å². The number of ketones is 1. The van der Waals surface area contributed by atoms with Gasteiger partial charge in [0, 0.05) is 51.2 Å². The number of carbonyl (C=O) groups is 2. The molecule has 1 N–H and O–H groups in total. The summed E-state index contributed by atoms with van der Waals surface area (Å²) < 4.78 is 26.1. The highest BCUT2D eigenvalue weighted by Gasteiger charge is 2.51. The molecular weight excluding hydrogens is 599 g/mol. The van der Waals surface area contributed by atoms with E-state index in [2.05, 4.69) is 44.0 Å². The Balaban J connectivity index is 1.21. The molecule has 9 heteroatoms. The fourth-order valence-electron chi connectivity index (χ4n) is 7.35. The highest BCUT2D eigenvalue weighted by molar-refractivity contribution is 9.10. The number of aryl methyl sites for hydroxylation is 1. The van der Waals surface area contributed by atoms with Crippen LogP contribution in [0.5, 0.6) is 0 Å². The SMILES string of the molecule is Cc1c(-c2cc3ccc(Br)cc3n2CC2CC2)nn2cc(C(=O)C3CC4CCC3[C@@H]4NC(=O)OC(C)(C)C)cc(F)c12. The lowest BCUT2D eigenvalue weighted by atomic mass is 9.83. The van der Waals surface area contributed by atoms with Gasteiger partial charge in [0.25, 0.3) is 0 Å². The Morgan fingerprint density at radius 2 is 1.93 bits per heavy atom. The lowest BCUT2D eigenvalue weighted by molar-refractivity contribution is 0.0486. The molecular formula is C33H36BrFN4O3. The number of nitrogens with one attached hydrogen (secondary N) is 1. The number of nitrogens with zero attached hydrogens (tertiary/aromatic N) is 3. The first-order valence-corrected chi connectivity index (χ1v) is 15.8. The van der Waals surface area contributed by atoms with Gasteiger partial charge in [-0.3, -0.25) is 4.79 Å². The van der Waals surface area contributed by atoms with Crippen LogP contribution in [-0.4, -0.2) is 37.7 Å². The monoisotopic (exact) mass is 634 g/mol. The minimum atomic E-state index is -0.590. The summed E-state index contributed by atoms with van der Waals surface area (Å²) in [7, 11) is 0. The number of amides is 1. The third-order valence-corrected chi connectivity index (χ3v) is 9.88. The molecule has 0 radical (unpaired) electrons. The quantitative estimate of drug-likeness (QED) is 0.221. The molecule has 4 aromatic rings. The smallest absolute Gasteiger partial charge is 0.407 e. The fraction of sp³-hybridized carbons (Fsp3) is 0.485. The lowest BCUT2D eigenvalue weighted by Gasteiger charge is -2.24. The van der Waals surface area contributed by atoms with E-state index in [1.165, 1.54) is 18.9 Å². The second-order valence-electron chi connectivity index (χ2n) is 13.5. The van der Waals surface area contributed by atoms with Crippen molar-refractivity contribution in [3.8, 4) is 11.4 Å². The van der Waals surface area contributed by atoms with E-state index in [1.54, 1.807) is 10.7 Å². The van der Waals surface area contributed by atoms with Crippen LogP contribution in [0.3, 0.4) is 0 Å². The number of rotatable bonds is 6. The summed E-state index contributed by atoms with van der Waals surface area (Å²) in [5, 5.41) is 9.02. The molecule has 1 aromatic carbocycles. The van der Waals surface area contributed by atoms with Crippen molar-refractivity contribution in [2.24, 2.45) is 23.7 Å². The minimum absolute atomic E-state index is 0.0150. The average Bonchev–Trinajstić information content (AvgIpc) is 3.27. The second kappa shape index (κ2) is 9.93. The third kappa shape index (κ3) is 4.83. The highest BCUT2D eigenvalue weighted by Crippen LogP contribution is 2.50. The van der Waals surface area contributed by atoms with E-state index in [9.17, 15) is 9.59 Å². The van der Waals surface area contributed by atoms with E-state index in [1.807, 2.05) is 33.8 Å². The summed E-state index contributed by atoms with van der Waals surface area (Å²) in [5.41, 5.74) is 3.71. The van der Waals surface area contributed by atoms with Gasteiger partial charge in [0.2, 0.25) is 0 Å². The molecule has 7 rings (SSSR count). The van der Waals surface area contributed by atoms with Crippen LogP contribution in [0.25, 0.3) is 27.8 Å². The number of aromatic nitrogens is 3. The number of hydrogen-bond acceptors (Lipinski definition) is 4. The molecule has 3 aromatic heterocycles. The first kappa shape index (κ1) is 27.6. The summed E-state index contributed by atoms with van der Waals surface area (Å²) in [6.07, 6.45) is 6.18. The van der Waals surface area contributed by atoms with Gasteiger partial charge in [-0.05, 0) is 102 Å². The zero-order valence-corrected chi connectivity index (χ0v) is 26.0. The van der Waals surface area contributed by atoms with E-state index in [4.69, 9.17) is 9.84 Å². The number of pyridine rings is 1. The number of carbonyl (C=O) groups excluding carboxylic acids is 2. The molecule has 3 saturated carbocycles. The van der Waals surface area contributed by atoms with Gasteiger partial charge < -0.3 is 14.6 Å². The molecule has 3 aliphatic rings. The van der Waals surface area contributed by atoms with Gasteiger partial charge in [0.05, 0.1) is 5.69 Å². The summed E-state index contributed by atoms with van der Waals surface area (Å²) in [4.78, 5) is 26.3. The maximum absolute atomic E-state index is 15.8. The van der Waals surface area contributed by atoms with Crippen LogP contribution in [0.15, 0.2) is 41.0 Å². The summed E-state index contributed by atoms with van der Waals surface area (Å²) in [5.74, 6) is 0.0824. The molecule has 0 saturated heterocycles. The summed E-state index contributed by atoms with van der Waals surface area (Å²) >= 11 is 3.61. The van der Waals surface area contributed by atoms with Gasteiger partial charge >= 0.3 is 6.09 Å². The molecule has 7 nitrogen and oxygen atoms in total. The Hall–Kier alpha value is -3.20. The third-order valence-electron chi connectivity index (χ3n) is 9.38. The largest absolute Gasteiger partial charge is 0.444 e. The van der Waals surface area contributed by atoms with Gasteiger partial charge in [-0.15, -0.1) is 0 Å². The van der Waals surface area contributed by atoms with Crippen LogP contribution in [0, 0.1) is 36.4 Å². The zero-order valence-electron chi connectivity index (χ0n) is 24.4. The molecule has 3 heterocycles. The van der Waals surface area contributed by atoms with Crippen LogP contribution in [0.2, 0.25) is 0 Å². The molecule has 0 spiro atoms. The van der Waals surface area contributed by atoms with E-state index in [0.29, 0.717) is 23.4 Å². The van der Waals surface area contributed by atoms with Crippen molar-refractivity contribution >= 4 is 44.2 Å². The molecule has 3 unspecified atom stereocenters.